The van der Waals surface area contributed by atoms with Crippen LogP contribution in [0.25, 0.3) is 0 Å². The van der Waals surface area contributed by atoms with Crippen molar-refractivity contribution in [1.29, 1.82) is 0 Å². The topological polar surface area (TPSA) is 81.0 Å². The summed E-state index contributed by atoms with van der Waals surface area (Å²) >= 11 is 18.9. The Hall–Kier alpha value is -2.06. The van der Waals surface area contributed by atoms with Crippen molar-refractivity contribution in [3.05, 3.63) is 74.0 Å². The number of rotatable bonds is 5. The Labute approximate surface area is 167 Å². The van der Waals surface area contributed by atoms with E-state index < -0.39 is 4.92 Å². The summed E-state index contributed by atoms with van der Waals surface area (Å²) in [6.45, 7) is 0. The number of halogens is 3. The molecule has 1 aromatic heterocycles. The molecule has 0 amide bonds. The first-order valence-electron chi connectivity index (χ1n) is 7.08. The minimum atomic E-state index is -0.535. The lowest BCUT2D eigenvalue weighted by atomic mass is 10.3. The molecule has 1 N–H and O–H groups in total. The summed E-state index contributed by atoms with van der Waals surface area (Å²) in [4.78, 5) is 19.9. The number of hydrogen-bond acceptors (Lipinski definition) is 6. The molecule has 0 saturated heterocycles. The van der Waals surface area contributed by atoms with Crippen LogP contribution in [0.5, 0.6) is 0 Å². The van der Waals surface area contributed by atoms with Gasteiger partial charge in [-0.15, -0.1) is 0 Å². The summed E-state index contributed by atoms with van der Waals surface area (Å²) in [5, 5.41) is 16.0. The van der Waals surface area contributed by atoms with E-state index in [0.29, 0.717) is 20.8 Å². The van der Waals surface area contributed by atoms with Crippen LogP contribution in [0.1, 0.15) is 0 Å². The Kier molecular flexibility index (Phi) is 5.83. The lowest BCUT2D eigenvalue weighted by Crippen LogP contribution is -2.03. The van der Waals surface area contributed by atoms with Gasteiger partial charge in [-0.25, -0.2) is 9.97 Å². The van der Waals surface area contributed by atoms with Crippen molar-refractivity contribution in [2.45, 2.75) is 9.92 Å². The molecular weight excluding hydrogens is 419 g/mol. The van der Waals surface area contributed by atoms with E-state index in [-0.39, 0.29) is 16.5 Å². The quantitative estimate of drug-likeness (QED) is 0.295. The first-order valence-corrected chi connectivity index (χ1v) is 9.03. The summed E-state index contributed by atoms with van der Waals surface area (Å²) < 4.78 is 0. The van der Waals surface area contributed by atoms with E-state index in [4.69, 9.17) is 34.8 Å². The third kappa shape index (κ3) is 4.56. The Balaban J connectivity index is 1.98. The molecular formula is C16H9Cl3N4O2S. The molecule has 0 aliphatic carbocycles. The van der Waals surface area contributed by atoms with Crippen LogP contribution in [-0.4, -0.2) is 14.9 Å². The van der Waals surface area contributed by atoms with Crippen LogP contribution >= 0.6 is 46.6 Å². The highest BCUT2D eigenvalue weighted by molar-refractivity contribution is 7.99. The fourth-order valence-electron chi connectivity index (χ4n) is 2.07. The van der Waals surface area contributed by atoms with E-state index >= 15 is 0 Å². The number of anilines is 2. The van der Waals surface area contributed by atoms with Gasteiger partial charge in [0, 0.05) is 25.7 Å². The highest BCUT2D eigenvalue weighted by Gasteiger charge is 2.24. The number of hydrogen-bond donors (Lipinski definition) is 1. The molecule has 10 heteroatoms. The Bertz CT molecular complexity index is 950. The van der Waals surface area contributed by atoms with E-state index in [1.54, 1.807) is 42.5 Å². The Morgan fingerprint density at radius 3 is 2.23 bits per heavy atom. The number of nitro groups is 1. The number of nitrogens with one attached hydrogen (secondary N) is 1. The number of nitrogens with zero attached hydrogens (tertiary/aromatic N) is 3. The van der Waals surface area contributed by atoms with Crippen molar-refractivity contribution in [2.75, 3.05) is 5.32 Å². The van der Waals surface area contributed by atoms with Crippen molar-refractivity contribution in [1.82, 2.24) is 9.97 Å². The minimum absolute atomic E-state index is 0.0415. The Morgan fingerprint density at radius 2 is 1.62 bits per heavy atom. The van der Waals surface area contributed by atoms with Crippen LogP contribution in [0.15, 0.2) is 58.7 Å². The molecule has 132 valence electrons. The molecule has 0 unspecified atom stereocenters. The first-order chi connectivity index (χ1) is 12.4. The fourth-order valence-corrected chi connectivity index (χ4v) is 3.59. The zero-order valence-corrected chi connectivity index (χ0v) is 15.9. The van der Waals surface area contributed by atoms with Crippen LogP contribution in [0.3, 0.4) is 0 Å². The molecule has 1 heterocycles. The van der Waals surface area contributed by atoms with Gasteiger partial charge in [0.05, 0.1) is 4.92 Å². The summed E-state index contributed by atoms with van der Waals surface area (Å²) in [6, 6.07) is 11.6. The van der Waals surface area contributed by atoms with Crippen LogP contribution in [0, 0.1) is 10.1 Å². The number of aromatic nitrogens is 2. The van der Waals surface area contributed by atoms with Crippen LogP contribution in [-0.2, 0) is 0 Å². The molecule has 0 radical (unpaired) electrons. The van der Waals surface area contributed by atoms with Gasteiger partial charge in [-0.2, -0.15) is 0 Å². The highest BCUT2D eigenvalue weighted by atomic mass is 35.5. The third-order valence-electron chi connectivity index (χ3n) is 3.12. The summed E-state index contributed by atoms with van der Waals surface area (Å²) in [5.74, 6) is 0.0415. The van der Waals surface area contributed by atoms with Crippen molar-refractivity contribution in [3.63, 3.8) is 0 Å². The second-order valence-electron chi connectivity index (χ2n) is 4.97. The molecule has 3 aromatic rings. The van der Waals surface area contributed by atoms with Crippen molar-refractivity contribution in [3.8, 4) is 0 Å². The smallest absolute Gasteiger partial charge is 0.334 e. The molecule has 3 rings (SSSR count). The second kappa shape index (κ2) is 8.09. The van der Waals surface area contributed by atoms with Gasteiger partial charge in [-0.05, 0) is 42.5 Å². The molecule has 0 fully saturated rings. The van der Waals surface area contributed by atoms with Gasteiger partial charge >= 0.3 is 5.69 Å². The van der Waals surface area contributed by atoms with Crippen molar-refractivity contribution in [2.24, 2.45) is 0 Å². The summed E-state index contributed by atoms with van der Waals surface area (Å²) in [5.41, 5.74) is 0.232. The van der Waals surface area contributed by atoms with Gasteiger partial charge in [-0.3, -0.25) is 10.1 Å². The normalized spacial score (nSPS) is 10.6. The second-order valence-corrected chi connectivity index (χ2v) is 7.34. The molecule has 0 bridgehead atoms. The lowest BCUT2D eigenvalue weighted by molar-refractivity contribution is -0.387. The molecule has 2 aromatic carbocycles. The van der Waals surface area contributed by atoms with Crippen LogP contribution in [0.4, 0.5) is 17.2 Å². The summed E-state index contributed by atoms with van der Waals surface area (Å²) in [6.07, 6.45) is 1.25. The average Bonchev–Trinajstić information content (AvgIpc) is 2.56. The predicted molar refractivity (Wildman–Crippen MR) is 104 cm³/mol. The molecule has 6 nitrogen and oxygen atoms in total. The van der Waals surface area contributed by atoms with E-state index in [0.717, 1.165) is 16.7 Å². The predicted octanol–water partition coefficient (Wildman–Crippen LogP) is 6.24. The maximum Gasteiger partial charge on any atom is 0.343 e. The fraction of sp³-hybridized carbons (Fsp3) is 0. The number of benzene rings is 2. The molecule has 0 spiro atoms. The van der Waals surface area contributed by atoms with Crippen LogP contribution in [0.2, 0.25) is 15.1 Å². The van der Waals surface area contributed by atoms with Crippen molar-refractivity contribution >= 4 is 63.8 Å². The van der Waals surface area contributed by atoms with Gasteiger partial charge in [0.25, 0.3) is 0 Å². The van der Waals surface area contributed by atoms with Gasteiger partial charge < -0.3 is 5.32 Å². The Morgan fingerprint density at radius 1 is 0.962 bits per heavy atom. The highest BCUT2D eigenvalue weighted by Crippen LogP contribution is 2.38. The van der Waals surface area contributed by atoms with Gasteiger partial charge in [0.2, 0.25) is 5.82 Å². The zero-order valence-electron chi connectivity index (χ0n) is 12.8. The van der Waals surface area contributed by atoms with Gasteiger partial charge in [0.15, 0.2) is 5.03 Å². The SMILES string of the molecule is O=[N+]([O-])c1c(Nc2cc(Cl)cc(Cl)c2)ncnc1Sc1ccc(Cl)cc1. The van der Waals surface area contributed by atoms with Crippen molar-refractivity contribution < 1.29 is 4.92 Å². The van der Waals surface area contributed by atoms with E-state index in [9.17, 15) is 10.1 Å². The molecule has 0 aliphatic rings. The molecule has 0 atom stereocenters. The summed E-state index contributed by atoms with van der Waals surface area (Å²) in [7, 11) is 0. The molecule has 26 heavy (non-hydrogen) atoms. The third-order valence-corrected chi connectivity index (χ3v) is 4.81. The van der Waals surface area contributed by atoms with Gasteiger partial charge in [-0.1, -0.05) is 46.6 Å². The maximum atomic E-state index is 11.6. The lowest BCUT2D eigenvalue weighted by Gasteiger charge is -2.09. The first kappa shape index (κ1) is 18.7. The van der Waals surface area contributed by atoms with E-state index in [2.05, 4.69) is 15.3 Å². The zero-order chi connectivity index (χ0) is 18.7. The van der Waals surface area contributed by atoms with Crippen LogP contribution < -0.4 is 5.32 Å². The van der Waals surface area contributed by atoms with E-state index in [1.165, 1.54) is 6.33 Å². The molecule has 0 aliphatic heterocycles. The maximum absolute atomic E-state index is 11.6. The minimum Gasteiger partial charge on any atom is -0.334 e. The largest absolute Gasteiger partial charge is 0.343 e. The van der Waals surface area contributed by atoms with E-state index in [1.807, 2.05) is 0 Å². The average molecular weight is 428 g/mol. The monoisotopic (exact) mass is 426 g/mol. The van der Waals surface area contributed by atoms with Gasteiger partial charge in [0.1, 0.15) is 6.33 Å². The standard InChI is InChI=1S/C16H9Cl3N4O2S/c17-9-1-3-13(4-2-9)26-16-14(23(24)25)15(20-8-21-16)22-12-6-10(18)5-11(19)7-12/h1-8H,(H,20,21,22). The molecule has 0 saturated carbocycles.